The molecular formula is C15H20N4O3. The van der Waals surface area contributed by atoms with Crippen molar-refractivity contribution in [3.05, 3.63) is 35.5 Å². The van der Waals surface area contributed by atoms with Crippen LogP contribution >= 0.6 is 0 Å². The van der Waals surface area contributed by atoms with Crippen LogP contribution in [0.5, 0.6) is 0 Å². The monoisotopic (exact) mass is 304 g/mol. The number of nitrogens with one attached hydrogen (secondary N) is 1. The number of hydrogen-bond donors (Lipinski definition) is 2. The molecule has 0 saturated heterocycles. The summed E-state index contributed by atoms with van der Waals surface area (Å²) in [5, 5.41) is 20.1. The van der Waals surface area contributed by atoms with Crippen molar-refractivity contribution in [2.45, 2.75) is 51.3 Å². The molecule has 2 aromatic heterocycles. The number of aryl methyl sites for hydroxylation is 1. The molecule has 1 aliphatic carbocycles. The summed E-state index contributed by atoms with van der Waals surface area (Å²) in [7, 11) is 0. The highest BCUT2D eigenvalue weighted by molar-refractivity contribution is 5.91. The van der Waals surface area contributed by atoms with Crippen LogP contribution in [-0.2, 0) is 6.61 Å². The van der Waals surface area contributed by atoms with Crippen molar-refractivity contribution in [3.63, 3.8) is 0 Å². The molecule has 1 aliphatic rings. The third-order valence-corrected chi connectivity index (χ3v) is 4.07. The number of amides is 1. The van der Waals surface area contributed by atoms with E-state index in [1.807, 2.05) is 6.92 Å². The molecule has 0 bridgehead atoms. The highest BCUT2D eigenvalue weighted by atomic mass is 16.3. The maximum atomic E-state index is 12.3. The minimum Gasteiger partial charge on any atom is -0.456 e. The first-order chi connectivity index (χ1) is 10.7. The molecule has 0 aliphatic heterocycles. The fourth-order valence-electron chi connectivity index (χ4n) is 2.94. The van der Waals surface area contributed by atoms with Crippen LogP contribution in [0.4, 0.5) is 0 Å². The zero-order chi connectivity index (χ0) is 15.5. The van der Waals surface area contributed by atoms with E-state index in [4.69, 9.17) is 9.52 Å². The van der Waals surface area contributed by atoms with Crippen LogP contribution in [0.1, 0.15) is 53.7 Å². The number of furan rings is 1. The molecule has 2 aromatic rings. The van der Waals surface area contributed by atoms with E-state index in [1.165, 1.54) is 0 Å². The zero-order valence-electron chi connectivity index (χ0n) is 12.5. The summed E-state index contributed by atoms with van der Waals surface area (Å²) in [6, 6.07) is 3.50. The minimum absolute atomic E-state index is 0.0140. The van der Waals surface area contributed by atoms with Crippen molar-refractivity contribution in [2.24, 2.45) is 0 Å². The summed E-state index contributed by atoms with van der Waals surface area (Å²) in [5.41, 5.74) is 0.539. The zero-order valence-corrected chi connectivity index (χ0v) is 12.5. The fraction of sp³-hybridized carbons (Fsp3) is 0.533. The maximum Gasteiger partial charge on any atom is 0.287 e. The minimum atomic E-state index is -0.201. The lowest BCUT2D eigenvalue weighted by Gasteiger charge is -2.31. The van der Waals surface area contributed by atoms with Gasteiger partial charge in [-0.2, -0.15) is 0 Å². The molecule has 2 heterocycles. The van der Waals surface area contributed by atoms with Gasteiger partial charge in [-0.3, -0.25) is 4.79 Å². The Morgan fingerprint density at radius 1 is 1.45 bits per heavy atom. The van der Waals surface area contributed by atoms with Crippen molar-refractivity contribution >= 4 is 5.91 Å². The largest absolute Gasteiger partial charge is 0.456 e. The predicted octanol–water partition coefficient (Wildman–Crippen LogP) is 1.59. The van der Waals surface area contributed by atoms with Gasteiger partial charge in [-0.1, -0.05) is 18.1 Å². The highest BCUT2D eigenvalue weighted by Gasteiger charge is 2.29. The molecule has 0 unspecified atom stereocenters. The number of aliphatic hydroxyl groups is 1. The predicted molar refractivity (Wildman–Crippen MR) is 78.1 cm³/mol. The van der Waals surface area contributed by atoms with E-state index in [2.05, 4.69) is 15.6 Å². The van der Waals surface area contributed by atoms with E-state index in [0.29, 0.717) is 17.2 Å². The quantitative estimate of drug-likeness (QED) is 0.894. The van der Waals surface area contributed by atoms with Crippen LogP contribution in [0.15, 0.2) is 22.7 Å². The molecule has 1 fully saturated rings. The molecule has 1 saturated carbocycles. The molecule has 2 N–H and O–H groups in total. The van der Waals surface area contributed by atoms with Gasteiger partial charge in [0.2, 0.25) is 0 Å². The van der Waals surface area contributed by atoms with Crippen molar-refractivity contribution in [1.82, 2.24) is 20.3 Å². The summed E-state index contributed by atoms with van der Waals surface area (Å²) in [6.07, 6.45) is 5.72. The second-order valence-electron chi connectivity index (χ2n) is 5.69. The van der Waals surface area contributed by atoms with E-state index in [1.54, 1.807) is 23.0 Å². The summed E-state index contributed by atoms with van der Waals surface area (Å²) >= 11 is 0. The lowest BCUT2D eigenvalue weighted by Crippen LogP contribution is -2.43. The van der Waals surface area contributed by atoms with Crippen molar-refractivity contribution < 1.29 is 14.3 Å². The summed E-state index contributed by atoms with van der Waals surface area (Å²) in [6.45, 7) is 1.68. The van der Waals surface area contributed by atoms with Crippen LogP contribution in [0.25, 0.3) is 0 Å². The molecule has 7 nitrogen and oxygen atoms in total. The molecule has 3 rings (SSSR count). The van der Waals surface area contributed by atoms with Gasteiger partial charge in [0.15, 0.2) is 5.76 Å². The molecule has 0 aromatic carbocycles. The Hall–Kier alpha value is -2.15. The lowest BCUT2D eigenvalue weighted by molar-refractivity contribution is 0.0875. The number of nitrogens with zero attached hydrogens (tertiary/aromatic N) is 3. The van der Waals surface area contributed by atoms with Crippen LogP contribution < -0.4 is 5.32 Å². The standard InChI is InChI=1S/C15H20N4O3/c1-10-6-7-14(22-10)15(21)16-12-4-2-3-5-13(12)19-8-11(9-20)17-18-19/h6-8,12-13,20H,2-5,9H2,1H3,(H,16,21)/t12-,13+/m0/s1. The Bertz CT molecular complexity index is 649. The Kier molecular flexibility index (Phi) is 4.24. The molecule has 0 radical (unpaired) electrons. The molecule has 2 atom stereocenters. The Labute approximate surface area is 128 Å². The van der Waals surface area contributed by atoms with Gasteiger partial charge in [0.25, 0.3) is 5.91 Å². The SMILES string of the molecule is Cc1ccc(C(=O)N[C@H]2CCCC[C@H]2n2cc(CO)nn2)o1. The normalized spacial score (nSPS) is 21.7. The molecular weight excluding hydrogens is 284 g/mol. The topological polar surface area (TPSA) is 93.2 Å². The van der Waals surface area contributed by atoms with E-state index in [-0.39, 0.29) is 24.6 Å². The van der Waals surface area contributed by atoms with Gasteiger partial charge in [0.1, 0.15) is 11.5 Å². The fourth-order valence-corrected chi connectivity index (χ4v) is 2.94. The maximum absolute atomic E-state index is 12.3. The number of carbonyl (C=O) groups excluding carboxylic acids is 1. The Balaban J connectivity index is 1.73. The van der Waals surface area contributed by atoms with Gasteiger partial charge in [-0.15, -0.1) is 5.10 Å². The van der Waals surface area contributed by atoms with Gasteiger partial charge in [-0.05, 0) is 31.9 Å². The average Bonchev–Trinajstić information content (AvgIpc) is 3.16. The highest BCUT2D eigenvalue weighted by Crippen LogP contribution is 2.28. The van der Waals surface area contributed by atoms with Gasteiger partial charge < -0.3 is 14.8 Å². The summed E-state index contributed by atoms with van der Waals surface area (Å²) in [5.74, 6) is 0.846. The van der Waals surface area contributed by atoms with E-state index < -0.39 is 0 Å². The smallest absolute Gasteiger partial charge is 0.287 e. The molecule has 0 spiro atoms. The number of hydrogen-bond acceptors (Lipinski definition) is 5. The van der Waals surface area contributed by atoms with Crippen molar-refractivity contribution in [1.29, 1.82) is 0 Å². The van der Waals surface area contributed by atoms with Crippen LogP contribution in [-0.4, -0.2) is 32.0 Å². The number of rotatable bonds is 4. The lowest BCUT2D eigenvalue weighted by atomic mass is 9.90. The van der Waals surface area contributed by atoms with E-state index in [0.717, 1.165) is 25.7 Å². The van der Waals surface area contributed by atoms with Gasteiger partial charge in [0, 0.05) is 0 Å². The molecule has 7 heteroatoms. The van der Waals surface area contributed by atoms with Crippen LogP contribution in [0, 0.1) is 6.92 Å². The number of aliphatic hydroxyl groups excluding tert-OH is 1. The molecule has 118 valence electrons. The van der Waals surface area contributed by atoms with Gasteiger partial charge in [-0.25, -0.2) is 4.68 Å². The van der Waals surface area contributed by atoms with E-state index in [9.17, 15) is 4.79 Å². The number of aromatic nitrogens is 3. The number of carbonyl (C=O) groups is 1. The van der Waals surface area contributed by atoms with E-state index >= 15 is 0 Å². The van der Waals surface area contributed by atoms with Gasteiger partial charge in [0.05, 0.1) is 24.9 Å². The van der Waals surface area contributed by atoms with Crippen LogP contribution in [0.3, 0.4) is 0 Å². The van der Waals surface area contributed by atoms with Crippen LogP contribution in [0.2, 0.25) is 0 Å². The van der Waals surface area contributed by atoms with Crippen molar-refractivity contribution in [3.8, 4) is 0 Å². The second kappa shape index (κ2) is 6.31. The third-order valence-electron chi connectivity index (χ3n) is 4.07. The Morgan fingerprint density at radius 2 is 2.27 bits per heavy atom. The molecule has 1 amide bonds. The summed E-state index contributed by atoms with van der Waals surface area (Å²) in [4.78, 5) is 12.3. The first-order valence-corrected chi connectivity index (χ1v) is 7.56. The third kappa shape index (κ3) is 3.04. The molecule has 22 heavy (non-hydrogen) atoms. The second-order valence-corrected chi connectivity index (χ2v) is 5.69. The summed E-state index contributed by atoms with van der Waals surface area (Å²) < 4.78 is 7.12. The van der Waals surface area contributed by atoms with Gasteiger partial charge >= 0.3 is 0 Å². The van der Waals surface area contributed by atoms with Crippen molar-refractivity contribution in [2.75, 3.05) is 0 Å². The first kappa shape index (κ1) is 14.8. The Morgan fingerprint density at radius 3 is 2.95 bits per heavy atom. The average molecular weight is 304 g/mol. The first-order valence-electron chi connectivity index (χ1n) is 7.56.